The van der Waals surface area contributed by atoms with Crippen molar-refractivity contribution in [2.45, 2.75) is 12.5 Å². The van der Waals surface area contributed by atoms with Crippen molar-refractivity contribution >= 4 is 21.8 Å². The van der Waals surface area contributed by atoms with Crippen LogP contribution in [0, 0.1) is 0 Å². The lowest BCUT2D eigenvalue weighted by atomic mass is 10.1. The van der Waals surface area contributed by atoms with Gasteiger partial charge in [-0.2, -0.15) is 0 Å². The van der Waals surface area contributed by atoms with E-state index in [1.165, 1.54) is 24.3 Å². The topological polar surface area (TPSA) is 156 Å². The van der Waals surface area contributed by atoms with Gasteiger partial charge < -0.3 is 29.5 Å². The number of aromatic hydroxyl groups is 1. The zero-order valence-corrected chi connectivity index (χ0v) is 11.8. The van der Waals surface area contributed by atoms with Crippen LogP contribution in [0.25, 0.3) is 0 Å². The zero-order valence-electron chi connectivity index (χ0n) is 9.97. The highest BCUT2D eigenvalue weighted by Crippen LogP contribution is 2.59. The van der Waals surface area contributed by atoms with Gasteiger partial charge in [-0.1, -0.05) is 12.1 Å². The first kappa shape index (κ1) is 17.0. The van der Waals surface area contributed by atoms with E-state index >= 15 is 0 Å². The number of aldehydes is 1. The summed E-state index contributed by atoms with van der Waals surface area (Å²) in [5.74, 6) is -0.0572. The van der Waals surface area contributed by atoms with E-state index in [-0.39, 0.29) is 18.5 Å². The monoisotopic (exact) mass is 325 g/mol. The predicted molar refractivity (Wildman–Crippen MR) is 67.6 cm³/mol. The van der Waals surface area contributed by atoms with Crippen LogP contribution in [0.15, 0.2) is 24.3 Å². The minimum absolute atomic E-state index is 0.0467. The van der Waals surface area contributed by atoms with Crippen LogP contribution in [0.3, 0.4) is 0 Å². The van der Waals surface area contributed by atoms with Gasteiger partial charge in [0.25, 0.3) is 0 Å². The summed E-state index contributed by atoms with van der Waals surface area (Å²) in [4.78, 5) is 46.9. The van der Waals surface area contributed by atoms with Crippen molar-refractivity contribution in [1.29, 1.82) is 0 Å². The van der Waals surface area contributed by atoms with Crippen molar-refractivity contribution in [3.05, 3.63) is 29.8 Å². The first-order valence-electron chi connectivity index (χ1n) is 5.20. The molecule has 0 radical (unpaired) electrons. The minimum Gasteiger partial charge on any atom is -0.508 e. The molecule has 0 aliphatic carbocycles. The maximum Gasteiger partial charge on any atom is 0.413 e. The lowest BCUT2D eigenvalue weighted by molar-refractivity contribution is -0.110. The van der Waals surface area contributed by atoms with E-state index in [9.17, 15) is 13.9 Å². The minimum atomic E-state index is -5.33. The Labute approximate surface area is 113 Å². The molecule has 0 bridgehead atoms. The van der Waals surface area contributed by atoms with Gasteiger partial charge in [-0.3, -0.25) is 0 Å². The highest BCUT2D eigenvalue weighted by Gasteiger charge is 2.45. The third-order valence-electron chi connectivity index (χ3n) is 2.37. The van der Waals surface area contributed by atoms with E-state index in [0.717, 1.165) is 0 Å². The average Bonchev–Trinajstić information content (AvgIpc) is 2.27. The van der Waals surface area contributed by atoms with Gasteiger partial charge in [0.1, 0.15) is 12.0 Å². The molecular weight excluding hydrogens is 312 g/mol. The van der Waals surface area contributed by atoms with Crippen molar-refractivity contribution in [2.24, 2.45) is 0 Å². The normalized spacial score (nSPS) is 14.2. The largest absolute Gasteiger partial charge is 0.508 e. The fourth-order valence-corrected chi connectivity index (χ4v) is 3.86. The highest BCUT2D eigenvalue weighted by atomic mass is 31.3. The second kappa shape index (κ2) is 6.15. The van der Waals surface area contributed by atoms with Crippen molar-refractivity contribution in [1.82, 2.24) is 4.44 Å². The van der Waals surface area contributed by atoms with Crippen LogP contribution >= 0.6 is 15.5 Å². The maximum absolute atomic E-state index is 11.2. The summed E-state index contributed by atoms with van der Waals surface area (Å²) in [5, 5.41) is 9.09. The number of benzene rings is 1. The lowest BCUT2D eigenvalue weighted by Gasteiger charge is -2.28. The van der Waals surface area contributed by atoms with Crippen LogP contribution in [0.4, 0.5) is 0 Å². The molecule has 1 aromatic carbocycles. The SMILES string of the molecule is O=CC(Cc1ccc(O)cc1)N(P(=O)(O)O)P(=O)(O)O. The molecule has 1 aromatic rings. The Kier molecular flexibility index (Phi) is 5.23. The van der Waals surface area contributed by atoms with Crippen molar-refractivity contribution < 1.29 is 38.6 Å². The molecule has 11 heteroatoms. The quantitative estimate of drug-likeness (QED) is 0.358. The van der Waals surface area contributed by atoms with Crippen LogP contribution in [-0.2, 0) is 20.3 Å². The van der Waals surface area contributed by atoms with Crippen molar-refractivity contribution in [3.8, 4) is 5.75 Å². The number of carbonyl (C=O) groups is 1. The Balaban J connectivity index is 3.09. The van der Waals surface area contributed by atoms with Crippen LogP contribution in [-0.4, -0.2) is 41.4 Å². The molecule has 1 atom stereocenters. The Morgan fingerprint density at radius 1 is 1.05 bits per heavy atom. The molecule has 0 aromatic heterocycles. The Bertz CT molecular complexity index is 540. The number of hydrogen-bond acceptors (Lipinski definition) is 4. The van der Waals surface area contributed by atoms with Crippen LogP contribution in [0.5, 0.6) is 5.75 Å². The Morgan fingerprint density at radius 2 is 1.50 bits per heavy atom. The summed E-state index contributed by atoms with van der Waals surface area (Å²) in [6.07, 6.45) is -0.287. The Morgan fingerprint density at radius 3 is 1.85 bits per heavy atom. The maximum atomic E-state index is 11.2. The van der Waals surface area contributed by atoms with Gasteiger partial charge >= 0.3 is 15.5 Å². The summed E-state index contributed by atoms with van der Waals surface area (Å²) in [5.41, 5.74) is 0.367. The molecule has 0 saturated heterocycles. The van der Waals surface area contributed by atoms with Crippen LogP contribution < -0.4 is 0 Å². The van der Waals surface area contributed by atoms with Gasteiger partial charge in [0.2, 0.25) is 0 Å². The molecule has 0 fully saturated rings. The number of hydrogen-bond donors (Lipinski definition) is 5. The molecule has 1 unspecified atom stereocenters. The summed E-state index contributed by atoms with van der Waals surface area (Å²) >= 11 is 0. The summed E-state index contributed by atoms with van der Waals surface area (Å²) in [6, 6.07) is 3.57. The van der Waals surface area contributed by atoms with Crippen LogP contribution in [0.2, 0.25) is 0 Å². The van der Waals surface area contributed by atoms with Crippen molar-refractivity contribution in [2.75, 3.05) is 0 Å². The van der Waals surface area contributed by atoms with Gasteiger partial charge in [0.15, 0.2) is 0 Å². The predicted octanol–water partition coefficient (Wildman–Crippen LogP) is -0.0104. The molecular formula is C9H13NO8P2. The van der Waals surface area contributed by atoms with Gasteiger partial charge in [-0.15, -0.1) is 4.44 Å². The molecule has 1 rings (SSSR count). The number of phenols is 1. The molecule has 0 aliphatic rings. The first-order valence-corrected chi connectivity index (χ1v) is 8.33. The molecule has 0 heterocycles. The van der Waals surface area contributed by atoms with Crippen molar-refractivity contribution in [3.63, 3.8) is 0 Å². The molecule has 5 N–H and O–H groups in total. The molecule has 0 spiro atoms. The third kappa shape index (κ3) is 4.50. The van der Waals surface area contributed by atoms with Gasteiger partial charge in [0.05, 0.1) is 6.04 Å². The van der Waals surface area contributed by atoms with E-state index in [2.05, 4.69) is 0 Å². The van der Waals surface area contributed by atoms with E-state index in [0.29, 0.717) is 5.56 Å². The summed E-state index contributed by atoms with van der Waals surface area (Å²) in [6.45, 7) is 0. The Hall–Kier alpha value is -1.05. The van der Waals surface area contributed by atoms with Gasteiger partial charge in [0, 0.05) is 0 Å². The van der Waals surface area contributed by atoms with Crippen LogP contribution in [0.1, 0.15) is 5.56 Å². The number of phenolic OH excluding ortho intramolecular Hbond substituents is 1. The van der Waals surface area contributed by atoms with E-state index in [4.69, 9.17) is 24.7 Å². The zero-order chi connectivity index (χ0) is 15.6. The number of nitrogens with zero attached hydrogens (tertiary/aromatic N) is 1. The fourth-order valence-electron chi connectivity index (χ4n) is 1.60. The molecule has 0 saturated carbocycles. The second-order valence-electron chi connectivity index (χ2n) is 3.92. The summed E-state index contributed by atoms with van der Waals surface area (Å²) < 4.78 is 21.9. The third-order valence-corrected chi connectivity index (χ3v) is 5.43. The van der Waals surface area contributed by atoms with Gasteiger partial charge in [-0.05, 0) is 24.1 Å². The smallest absolute Gasteiger partial charge is 0.413 e. The molecule has 0 aliphatic heterocycles. The lowest BCUT2D eigenvalue weighted by Crippen LogP contribution is -2.33. The summed E-state index contributed by atoms with van der Waals surface area (Å²) in [7, 11) is -10.7. The fraction of sp³-hybridized carbons (Fsp3) is 0.222. The van der Waals surface area contributed by atoms with E-state index in [1.54, 1.807) is 0 Å². The number of carbonyl (C=O) groups excluding carboxylic acids is 1. The highest BCUT2D eigenvalue weighted by molar-refractivity contribution is 7.65. The van der Waals surface area contributed by atoms with Gasteiger partial charge in [-0.25, -0.2) is 9.13 Å². The average molecular weight is 325 g/mol. The van der Waals surface area contributed by atoms with E-state index < -0.39 is 26.0 Å². The molecule has 112 valence electrons. The molecule has 20 heavy (non-hydrogen) atoms. The second-order valence-corrected chi connectivity index (χ2v) is 7.15. The first-order chi connectivity index (χ1) is 9.05. The standard InChI is InChI=1S/C9H13NO8P2/c11-6-8(5-7-1-3-9(12)4-2-7)10(19(13,14)15)20(16,17)18/h1-4,6,8,12H,5H2,(H2,13,14,15)(H2,16,17,18). The molecule has 9 nitrogen and oxygen atoms in total. The molecule has 0 amide bonds. The number of rotatable bonds is 6. The van der Waals surface area contributed by atoms with E-state index in [1.807, 2.05) is 0 Å².